The normalized spacial score (nSPS) is 15.9. The molecule has 0 aromatic heterocycles. The van der Waals surface area contributed by atoms with Gasteiger partial charge in [-0.15, -0.1) is 0 Å². The van der Waals surface area contributed by atoms with Crippen LogP contribution in [0.15, 0.2) is 77.7 Å². The smallest absolute Gasteiger partial charge is 0.264 e. The molecule has 3 aromatic rings. The van der Waals surface area contributed by atoms with Crippen molar-refractivity contribution < 1.29 is 22.7 Å². The van der Waals surface area contributed by atoms with Crippen LogP contribution in [0.1, 0.15) is 5.56 Å². The van der Waals surface area contributed by atoms with E-state index >= 15 is 0 Å². The molecule has 2 aliphatic heterocycles. The van der Waals surface area contributed by atoms with Crippen LogP contribution >= 0.6 is 0 Å². The number of hydrogen-bond acceptors (Lipinski definition) is 7. The van der Waals surface area contributed by atoms with Crippen molar-refractivity contribution in [2.24, 2.45) is 0 Å². The van der Waals surface area contributed by atoms with Crippen molar-refractivity contribution in [3.8, 4) is 11.5 Å². The number of hydrogen-bond donors (Lipinski definition) is 1. The zero-order valence-corrected chi connectivity index (χ0v) is 21.5. The Hall–Kier alpha value is -3.60. The molecule has 9 nitrogen and oxygen atoms in total. The second-order valence-corrected chi connectivity index (χ2v) is 11.1. The van der Waals surface area contributed by atoms with Crippen LogP contribution in [-0.4, -0.2) is 70.7 Å². The van der Waals surface area contributed by atoms with Crippen molar-refractivity contribution in [3.05, 3.63) is 78.4 Å². The molecule has 3 aromatic carbocycles. The largest absolute Gasteiger partial charge is 0.454 e. The Morgan fingerprint density at radius 1 is 0.892 bits per heavy atom. The predicted octanol–water partition coefficient (Wildman–Crippen LogP) is 3.00. The summed E-state index contributed by atoms with van der Waals surface area (Å²) in [6.07, 6.45) is 0. The highest BCUT2D eigenvalue weighted by Crippen LogP contribution is 2.33. The summed E-state index contributed by atoms with van der Waals surface area (Å²) in [4.78, 5) is 17.3. The summed E-state index contributed by atoms with van der Waals surface area (Å²) in [5, 5.41) is 2.85. The van der Waals surface area contributed by atoms with Crippen LogP contribution in [0.4, 0.5) is 11.4 Å². The SMILES string of the molecule is CN(c1ccccc1)S(=O)(=O)c1cccc(NC(=O)CN2CCN(Cc3ccc4c(c3)OCO4)CC2)c1. The van der Waals surface area contributed by atoms with E-state index in [1.165, 1.54) is 29.0 Å². The molecule has 0 atom stereocenters. The van der Waals surface area contributed by atoms with Crippen LogP contribution in [0.5, 0.6) is 11.5 Å². The Morgan fingerprint density at radius 3 is 2.41 bits per heavy atom. The summed E-state index contributed by atoms with van der Waals surface area (Å²) in [5.41, 5.74) is 2.19. The molecular weight excluding hydrogens is 492 g/mol. The lowest BCUT2D eigenvalue weighted by molar-refractivity contribution is -0.117. The van der Waals surface area contributed by atoms with Crippen molar-refractivity contribution in [2.45, 2.75) is 11.4 Å². The molecule has 1 fully saturated rings. The minimum absolute atomic E-state index is 0.119. The van der Waals surface area contributed by atoms with Crippen LogP contribution in [0.2, 0.25) is 0 Å². The van der Waals surface area contributed by atoms with Crippen LogP contribution in [-0.2, 0) is 21.4 Å². The maximum atomic E-state index is 13.1. The highest BCUT2D eigenvalue weighted by Gasteiger charge is 2.23. The molecule has 1 amide bonds. The average molecular weight is 523 g/mol. The van der Waals surface area contributed by atoms with Gasteiger partial charge in [0, 0.05) is 45.5 Å². The number of benzene rings is 3. The zero-order chi connectivity index (χ0) is 25.8. The quantitative estimate of drug-likeness (QED) is 0.486. The number of carbonyl (C=O) groups is 1. The van der Waals surface area contributed by atoms with Gasteiger partial charge in [0.25, 0.3) is 10.0 Å². The van der Waals surface area contributed by atoms with E-state index in [-0.39, 0.29) is 24.1 Å². The van der Waals surface area contributed by atoms with E-state index in [4.69, 9.17) is 9.47 Å². The van der Waals surface area contributed by atoms with Gasteiger partial charge in [0.2, 0.25) is 12.7 Å². The number of piperazine rings is 1. The topological polar surface area (TPSA) is 91.4 Å². The first kappa shape index (κ1) is 25.1. The number of para-hydroxylation sites is 1. The van der Waals surface area contributed by atoms with Crippen molar-refractivity contribution >= 4 is 27.3 Å². The highest BCUT2D eigenvalue weighted by molar-refractivity contribution is 7.92. The molecule has 0 spiro atoms. The van der Waals surface area contributed by atoms with E-state index in [1.807, 2.05) is 18.2 Å². The maximum Gasteiger partial charge on any atom is 0.264 e. The molecular formula is C27H30N4O5S. The fourth-order valence-corrected chi connectivity index (χ4v) is 5.72. The Balaban J connectivity index is 1.13. The standard InChI is InChI=1S/C27H30N4O5S/c1-29(23-7-3-2-4-8-23)37(33,34)24-9-5-6-22(17-24)28-27(32)19-31-14-12-30(13-15-31)18-21-10-11-25-26(16-21)36-20-35-25/h2-11,16-17H,12-15,18-20H2,1H3,(H,28,32). The molecule has 2 aliphatic rings. The molecule has 194 valence electrons. The number of nitrogens with zero attached hydrogens (tertiary/aromatic N) is 3. The summed E-state index contributed by atoms with van der Waals surface area (Å²) in [5.74, 6) is 1.40. The lowest BCUT2D eigenvalue weighted by atomic mass is 10.1. The van der Waals surface area contributed by atoms with Gasteiger partial charge in [0.15, 0.2) is 11.5 Å². The summed E-state index contributed by atoms with van der Waals surface area (Å²) in [6.45, 7) is 4.57. The molecule has 1 N–H and O–H groups in total. The van der Waals surface area contributed by atoms with Crippen LogP contribution < -0.4 is 19.1 Å². The third-order valence-corrected chi connectivity index (χ3v) is 8.35. The van der Waals surface area contributed by atoms with Gasteiger partial charge >= 0.3 is 0 Å². The number of fused-ring (bicyclic) bond motifs is 1. The van der Waals surface area contributed by atoms with Gasteiger partial charge in [-0.3, -0.25) is 18.9 Å². The van der Waals surface area contributed by atoms with Crippen molar-refractivity contribution in [3.63, 3.8) is 0 Å². The monoisotopic (exact) mass is 522 g/mol. The minimum Gasteiger partial charge on any atom is -0.454 e. The number of rotatable bonds is 8. The molecule has 0 unspecified atom stereocenters. The molecule has 0 saturated carbocycles. The summed E-state index contributed by atoms with van der Waals surface area (Å²) in [6, 6.07) is 21.3. The van der Waals surface area contributed by atoms with Crippen LogP contribution in [0, 0.1) is 0 Å². The molecule has 37 heavy (non-hydrogen) atoms. The fourth-order valence-electron chi connectivity index (χ4n) is 4.48. The van der Waals surface area contributed by atoms with Gasteiger partial charge in [0.1, 0.15) is 0 Å². The predicted molar refractivity (Wildman–Crippen MR) is 141 cm³/mol. The first-order valence-electron chi connectivity index (χ1n) is 12.2. The Bertz CT molecular complexity index is 1360. The van der Waals surface area contributed by atoms with Gasteiger partial charge in [-0.1, -0.05) is 30.3 Å². The Labute approximate surface area is 217 Å². The Morgan fingerprint density at radius 2 is 1.62 bits per heavy atom. The van der Waals surface area contributed by atoms with E-state index < -0.39 is 10.0 Å². The van der Waals surface area contributed by atoms with E-state index in [2.05, 4.69) is 21.2 Å². The molecule has 2 heterocycles. The van der Waals surface area contributed by atoms with E-state index in [1.54, 1.807) is 36.4 Å². The molecule has 1 saturated heterocycles. The molecule has 10 heteroatoms. The third-order valence-electron chi connectivity index (χ3n) is 6.57. The molecule has 0 radical (unpaired) electrons. The third kappa shape index (κ3) is 5.87. The van der Waals surface area contributed by atoms with Gasteiger partial charge in [-0.05, 0) is 48.0 Å². The average Bonchev–Trinajstić information content (AvgIpc) is 3.38. The van der Waals surface area contributed by atoms with Gasteiger partial charge in [0.05, 0.1) is 17.1 Å². The molecule has 0 aliphatic carbocycles. The Kier molecular flexibility index (Phi) is 7.31. The number of sulfonamides is 1. The number of anilines is 2. The van der Waals surface area contributed by atoms with Gasteiger partial charge in [-0.2, -0.15) is 0 Å². The lowest BCUT2D eigenvalue weighted by Gasteiger charge is -2.34. The highest BCUT2D eigenvalue weighted by atomic mass is 32.2. The van der Waals surface area contributed by atoms with E-state index in [0.29, 0.717) is 11.4 Å². The first-order valence-corrected chi connectivity index (χ1v) is 13.6. The van der Waals surface area contributed by atoms with Gasteiger partial charge < -0.3 is 14.8 Å². The number of amides is 1. The van der Waals surface area contributed by atoms with E-state index in [9.17, 15) is 13.2 Å². The maximum absolute atomic E-state index is 13.1. The minimum atomic E-state index is -3.76. The number of carbonyl (C=O) groups excluding carboxylic acids is 1. The van der Waals surface area contributed by atoms with Gasteiger partial charge in [-0.25, -0.2) is 8.42 Å². The zero-order valence-electron chi connectivity index (χ0n) is 20.7. The first-order chi connectivity index (χ1) is 17.9. The van der Waals surface area contributed by atoms with Crippen molar-refractivity contribution in [1.82, 2.24) is 9.80 Å². The summed E-state index contributed by atoms with van der Waals surface area (Å²) in [7, 11) is -2.25. The van der Waals surface area contributed by atoms with Crippen LogP contribution in [0.3, 0.4) is 0 Å². The van der Waals surface area contributed by atoms with Crippen molar-refractivity contribution in [2.75, 3.05) is 56.2 Å². The summed E-state index contributed by atoms with van der Waals surface area (Å²) >= 11 is 0. The summed E-state index contributed by atoms with van der Waals surface area (Å²) < 4.78 is 38.3. The second-order valence-electron chi connectivity index (χ2n) is 9.12. The van der Waals surface area contributed by atoms with E-state index in [0.717, 1.165) is 44.2 Å². The number of ether oxygens (including phenoxy) is 2. The van der Waals surface area contributed by atoms with Crippen molar-refractivity contribution in [1.29, 1.82) is 0 Å². The molecule has 0 bridgehead atoms. The number of nitrogens with one attached hydrogen (secondary N) is 1. The second kappa shape index (κ2) is 10.8. The van der Waals surface area contributed by atoms with Crippen LogP contribution in [0.25, 0.3) is 0 Å². The fraction of sp³-hybridized carbons (Fsp3) is 0.296. The molecule has 5 rings (SSSR count). The lowest BCUT2D eigenvalue weighted by Crippen LogP contribution is -2.48.